The zero-order chi connectivity index (χ0) is 11.5. The van der Waals surface area contributed by atoms with E-state index in [1.54, 1.807) is 0 Å². The largest absolute Gasteiger partial charge is 0.398 e. The minimum Gasteiger partial charge on any atom is -0.398 e. The third kappa shape index (κ3) is 4.10. The Hall–Kier alpha value is -1.39. The molecule has 0 fully saturated rings. The Morgan fingerprint density at radius 2 is 2.13 bits per heavy atom. The van der Waals surface area contributed by atoms with Crippen molar-refractivity contribution in [3.05, 3.63) is 28.7 Å². The van der Waals surface area contributed by atoms with Gasteiger partial charge in [-0.15, -0.1) is 0 Å². The highest BCUT2D eigenvalue weighted by molar-refractivity contribution is 5.33. The molecule has 1 aromatic rings. The van der Waals surface area contributed by atoms with E-state index in [4.69, 9.17) is 5.73 Å². The number of halogens is 2. The van der Waals surface area contributed by atoms with Gasteiger partial charge in [-0.2, -0.15) is 0 Å². The van der Waals surface area contributed by atoms with Crippen LogP contribution in [0.2, 0.25) is 0 Å². The van der Waals surface area contributed by atoms with Crippen molar-refractivity contribution in [1.29, 1.82) is 0 Å². The Labute approximate surface area is 86.5 Å². The van der Waals surface area contributed by atoms with Crippen LogP contribution in [0.15, 0.2) is 23.1 Å². The summed E-state index contributed by atoms with van der Waals surface area (Å²) in [5.74, 6) is -2.68. The molecule has 0 saturated carbocycles. The monoisotopic (exact) mass is 216 g/mol. The van der Waals surface area contributed by atoms with Crippen LogP contribution in [0.1, 0.15) is 19.8 Å². The van der Waals surface area contributed by atoms with Crippen molar-refractivity contribution >= 4 is 5.69 Å². The van der Waals surface area contributed by atoms with Gasteiger partial charge in [0.25, 0.3) is 5.56 Å². The topological polar surface area (TPSA) is 48.0 Å². The summed E-state index contributed by atoms with van der Waals surface area (Å²) in [5.41, 5.74) is 5.71. The second kappa shape index (κ2) is 4.42. The third-order valence-electron chi connectivity index (χ3n) is 2.02. The van der Waals surface area contributed by atoms with Gasteiger partial charge in [0, 0.05) is 30.9 Å². The first-order valence-corrected chi connectivity index (χ1v) is 4.72. The van der Waals surface area contributed by atoms with E-state index in [9.17, 15) is 13.6 Å². The molecular weight excluding hydrogens is 202 g/mol. The molecule has 15 heavy (non-hydrogen) atoms. The number of nitrogen functional groups attached to an aromatic ring is 1. The summed E-state index contributed by atoms with van der Waals surface area (Å²) in [5, 5.41) is 0. The maximum atomic E-state index is 12.5. The number of pyridine rings is 1. The molecule has 0 radical (unpaired) electrons. The highest BCUT2D eigenvalue weighted by Gasteiger charge is 2.19. The van der Waals surface area contributed by atoms with E-state index < -0.39 is 5.92 Å². The molecule has 0 atom stereocenters. The zero-order valence-corrected chi connectivity index (χ0v) is 8.54. The lowest BCUT2D eigenvalue weighted by Gasteiger charge is -2.10. The Morgan fingerprint density at radius 1 is 1.47 bits per heavy atom. The molecule has 0 unspecified atom stereocenters. The van der Waals surface area contributed by atoms with Crippen molar-refractivity contribution in [2.24, 2.45) is 0 Å². The summed E-state index contributed by atoms with van der Waals surface area (Å²) in [7, 11) is 0. The van der Waals surface area contributed by atoms with Crippen LogP contribution >= 0.6 is 0 Å². The molecule has 0 aliphatic carbocycles. The third-order valence-corrected chi connectivity index (χ3v) is 2.02. The first-order chi connectivity index (χ1) is 6.88. The molecule has 0 spiro atoms. The van der Waals surface area contributed by atoms with E-state index >= 15 is 0 Å². The zero-order valence-electron chi connectivity index (χ0n) is 8.54. The predicted molar refractivity (Wildman–Crippen MR) is 55.0 cm³/mol. The van der Waals surface area contributed by atoms with Crippen molar-refractivity contribution in [3.63, 3.8) is 0 Å². The van der Waals surface area contributed by atoms with Gasteiger partial charge in [0.2, 0.25) is 5.92 Å². The van der Waals surface area contributed by atoms with E-state index in [-0.39, 0.29) is 24.9 Å². The molecule has 3 nitrogen and oxygen atoms in total. The number of aryl methyl sites for hydroxylation is 1. The molecule has 1 heterocycles. The molecule has 5 heteroatoms. The molecule has 1 aromatic heterocycles. The first kappa shape index (κ1) is 11.7. The van der Waals surface area contributed by atoms with E-state index in [2.05, 4.69) is 0 Å². The fourth-order valence-corrected chi connectivity index (χ4v) is 1.28. The molecule has 84 valence electrons. The highest BCUT2D eigenvalue weighted by atomic mass is 19.3. The molecule has 0 saturated heterocycles. The minimum atomic E-state index is -2.68. The fraction of sp³-hybridized carbons (Fsp3) is 0.500. The van der Waals surface area contributed by atoms with Gasteiger partial charge in [-0.1, -0.05) is 0 Å². The summed E-state index contributed by atoms with van der Waals surface area (Å²) in [6.07, 6.45) is 1.50. The number of aromatic nitrogens is 1. The Kier molecular flexibility index (Phi) is 3.44. The maximum absolute atomic E-state index is 12.5. The van der Waals surface area contributed by atoms with Crippen molar-refractivity contribution in [2.75, 3.05) is 5.73 Å². The number of hydrogen-bond acceptors (Lipinski definition) is 2. The summed E-state index contributed by atoms with van der Waals surface area (Å²) in [6.45, 7) is 1.14. The van der Waals surface area contributed by atoms with Crippen LogP contribution in [0, 0.1) is 0 Å². The molecule has 1 rings (SSSR count). The fourth-order valence-electron chi connectivity index (χ4n) is 1.28. The standard InChI is InChI=1S/C10H14F2N2O/c1-10(11,12)5-2-6-14-7-8(13)3-4-9(14)15/h3-4,7H,2,5-6,13H2,1H3. The second-order valence-corrected chi connectivity index (χ2v) is 3.67. The number of nitrogens with two attached hydrogens (primary N) is 1. The Balaban J connectivity index is 2.58. The number of alkyl halides is 2. The first-order valence-electron chi connectivity index (χ1n) is 4.72. The van der Waals surface area contributed by atoms with Gasteiger partial charge in [0.05, 0.1) is 0 Å². The number of anilines is 1. The summed E-state index contributed by atoms with van der Waals surface area (Å²) in [6, 6.07) is 2.83. The lowest BCUT2D eigenvalue weighted by Crippen LogP contribution is -2.20. The lowest BCUT2D eigenvalue weighted by atomic mass is 10.2. The summed E-state index contributed by atoms with van der Waals surface area (Å²) < 4.78 is 26.3. The van der Waals surface area contributed by atoms with Crippen LogP contribution < -0.4 is 11.3 Å². The molecular formula is C10H14F2N2O. The van der Waals surface area contributed by atoms with Gasteiger partial charge in [0.15, 0.2) is 0 Å². The average molecular weight is 216 g/mol. The van der Waals surface area contributed by atoms with Crippen molar-refractivity contribution in [1.82, 2.24) is 4.57 Å². The van der Waals surface area contributed by atoms with Crippen molar-refractivity contribution < 1.29 is 8.78 Å². The number of rotatable bonds is 4. The van der Waals surface area contributed by atoms with E-state index in [1.165, 1.54) is 22.9 Å². The molecule has 2 N–H and O–H groups in total. The molecule has 0 amide bonds. The van der Waals surface area contributed by atoms with Crippen LogP contribution in [0.4, 0.5) is 14.5 Å². The Bertz CT molecular complexity index is 382. The van der Waals surface area contributed by atoms with Crippen LogP contribution in [0.3, 0.4) is 0 Å². The quantitative estimate of drug-likeness (QED) is 0.835. The summed E-state index contributed by atoms with van der Waals surface area (Å²) in [4.78, 5) is 11.2. The number of hydrogen-bond donors (Lipinski definition) is 1. The average Bonchev–Trinajstić information content (AvgIpc) is 2.09. The van der Waals surface area contributed by atoms with Crippen LogP contribution in [0.25, 0.3) is 0 Å². The van der Waals surface area contributed by atoms with Gasteiger partial charge >= 0.3 is 0 Å². The lowest BCUT2D eigenvalue weighted by molar-refractivity contribution is 0.00987. The minimum absolute atomic E-state index is 0.219. The number of nitrogens with zero attached hydrogens (tertiary/aromatic N) is 1. The second-order valence-electron chi connectivity index (χ2n) is 3.67. The normalized spacial score (nSPS) is 11.7. The van der Waals surface area contributed by atoms with E-state index in [1.807, 2.05) is 0 Å². The van der Waals surface area contributed by atoms with Gasteiger partial charge in [-0.3, -0.25) is 4.79 Å². The van der Waals surface area contributed by atoms with Crippen LogP contribution in [0.5, 0.6) is 0 Å². The van der Waals surface area contributed by atoms with Crippen molar-refractivity contribution in [3.8, 4) is 0 Å². The molecule has 0 aromatic carbocycles. The van der Waals surface area contributed by atoms with E-state index in [0.717, 1.165) is 6.92 Å². The van der Waals surface area contributed by atoms with Crippen molar-refractivity contribution in [2.45, 2.75) is 32.2 Å². The summed E-state index contributed by atoms with van der Waals surface area (Å²) >= 11 is 0. The predicted octanol–water partition coefficient (Wildman–Crippen LogP) is 1.87. The van der Waals surface area contributed by atoms with Gasteiger partial charge in [-0.05, 0) is 19.4 Å². The smallest absolute Gasteiger partial charge is 0.250 e. The molecule has 0 bridgehead atoms. The van der Waals surface area contributed by atoms with Crippen LogP contribution in [-0.2, 0) is 6.54 Å². The van der Waals surface area contributed by atoms with Gasteiger partial charge < -0.3 is 10.3 Å². The maximum Gasteiger partial charge on any atom is 0.250 e. The van der Waals surface area contributed by atoms with Gasteiger partial charge in [0.1, 0.15) is 0 Å². The highest BCUT2D eigenvalue weighted by Crippen LogP contribution is 2.18. The Morgan fingerprint density at radius 3 is 2.73 bits per heavy atom. The van der Waals surface area contributed by atoms with Crippen LogP contribution in [-0.4, -0.2) is 10.5 Å². The molecule has 0 aliphatic rings. The van der Waals surface area contributed by atoms with E-state index in [0.29, 0.717) is 5.69 Å². The SMILES string of the molecule is CC(F)(F)CCCn1cc(N)ccc1=O. The molecule has 0 aliphatic heterocycles. The van der Waals surface area contributed by atoms with Gasteiger partial charge in [-0.25, -0.2) is 8.78 Å².